The lowest BCUT2D eigenvalue weighted by Crippen LogP contribution is -2.11. The number of anilines is 3. The van der Waals surface area contributed by atoms with Crippen molar-refractivity contribution in [1.82, 2.24) is 0 Å². The first-order chi connectivity index (χ1) is 23.3. The molecule has 0 radical (unpaired) electrons. The molecule has 0 unspecified atom stereocenters. The van der Waals surface area contributed by atoms with Crippen LogP contribution >= 0.6 is 0 Å². The van der Waals surface area contributed by atoms with Crippen LogP contribution in [0.4, 0.5) is 17.1 Å². The summed E-state index contributed by atoms with van der Waals surface area (Å²) in [6.07, 6.45) is 0. The molecule has 0 heterocycles. The number of para-hydroxylation sites is 1. The maximum absolute atomic E-state index is 2.39. The van der Waals surface area contributed by atoms with Crippen LogP contribution in [0.15, 0.2) is 200 Å². The number of rotatable bonds is 7. The van der Waals surface area contributed by atoms with Crippen LogP contribution in [0.3, 0.4) is 0 Å². The molecule has 8 aromatic rings. The molecule has 1 heteroatoms. The molecule has 0 saturated carbocycles. The molecule has 0 atom stereocenters. The van der Waals surface area contributed by atoms with Crippen molar-refractivity contribution < 1.29 is 0 Å². The van der Waals surface area contributed by atoms with E-state index in [4.69, 9.17) is 0 Å². The molecule has 0 N–H and O–H groups in total. The topological polar surface area (TPSA) is 3.24 Å². The van der Waals surface area contributed by atoms with Gasteiger partial charge >= 0.3 is 0 Å². The van der Waals surface area contributed by atoms with Gasteiger partial charge in [0, 0.05) is 16.9 Å². The van der Waals surface area contributed by atoms with Crippen molar-refractivity contribution in [3.8, 4) is 44.5 Å². The minimum Gasteiger partial charge on any atom is -0.310 e. The van der Waals surface area contributed by atoms with Crippen LogP contribution in [0, 0.1) is 0 Å². The molecular weight excluding hydrogens is 567 g/mol. The van der Waals surface area contributed by atoms with Crippen LogP contribution < -0.4 is 4.90 Å². The summed E-state index contributed by atoms with van der Waals surface area (Å²) in [6.45, 7) is 0. The lowest BCUT2D eigenvalue weighted by molar-refractivity contribution is 1.28. The van der Waals surface area contributed by atoms with E-state index in [2.05, 4.69) is 205 Å². The van der Waals surface area contributed by atoms with Crippen LogP contribution in [0.1, 0.15) is 0 Å². The number of hydrogen-bond acceptors (Lipinski definition) is 1. The van der Waals surface area contributed by atoms with Crippen molar-refractivity contribution >= 4 is 27.8 Å². The van der Waals surface area contributed by atoms with Crippen LogP contribution in [-0.4, -0.2) is 0 Å². The Hall–Kier alpha value is -6.18. The average molecular weight is 600 g/mol. The van der Waals surface area contributed by atoms with Gasteiger partial charge in [-0.2, -0.15) is 0 Å². The minimum atomic E-state index is 1.11. The van der Waals surface area contributed by atoms with E-state index < -0.39 is 0 Å². The molecule has 0 aliphatic heterocycles. The highest BCUT2D eigenvalue weighted by Crippen LogP contribution is 2.43. The van der Waals surface area contributed by atoms with Gasteiger partial charge < -0.3 is 4.90 Å². The van der Waals surface area contributed by atoms with Crippen LogP contribution in [-0.2, 0) is 0 Å². The highest BCUT2D eigenvalue weighted by Gasteiger charge is 2.19. The first-order valence-corrected chi connectivity index (χ1v) is 16.1. The molecule has 0 saturated heterocycles. The second-order valence-corrected chi connectivity index (χ2v) is 11.8. The van der Waals surface area contributed by atoms with E-state index in [9.17, 15) is 0 Å². The Morgan fingerprint density at radius 1 is 0.277 bits per heavy atom. The van der Waals surface area contributed by atoms with Gasteiger partial charge in [-0.15, -0.1) is 0 Å². The summed E-state index contributed by atoms with van der Waals surface area (Å²) < 4.78 is 0. The van der Waals surface area contributed by atoms with Crippen molar-refractivity contribution in [1.29, 1.82) is 0 Å². The quantitative estimate of drug-likeness (QED) is 0.176. The Kier molecular flexibility index (Phi) is 7.63. The van der Waals surface area contributed by atoms with Crippen molar-refractivity contribution in [2.24, 2.45) is 0 Å². The van der Waals surface area contributed by atoms with E-state index in [1.54, 1.807) is 0 Å². The van der Waals surface area contributed by atoms with Gasteiger partial charge in [0.25, 0.3) is 0 Å². The molecule has 0 aromatic heterocycles. The number of hydrogen-bond donors (Lipinski definition) is 0. The Balaban J connectivity index is 1.30. The molecule has 0 aliphatic carbocycles. The van der Waals surface area contributed by atoms with E-state index >= 15 is 0 Å². The summed E-state index contributed by atoms with van der Waals surface area (Å²) in [5.41, 5.74) is 13.0. The van der Waals surface area contributed by atoms with Gasteiger partial charge in [-0.25, -0.2) is 0 Å². The van der Waals surface area contributed by atoms with E-state index in [0.29, 0.717) is 0 Å². The first-order valence-electron chi connectivity index (χ1n) is 16.1. The largest absolute Gasteiger partial charge is 0.310 e. The fraction of sp³-hybridized carbons (Fsp3) is 0. The zero-order valence-electron chi connectivity index (χ0n) is 26.0. The molecule has 222 valence electrons. The van der Waals surface area contributed by atoms with Gasteiger partial charge in [-0.3, -0.25) is 0 Å². The smallest absolute Gasteiger partial charge is 0.0540 e. The van der Waals surface area contributed by atoms with Gasteiger partial charge in [0.1, 0.15) is 0 Å². The van der Waals surface area contributed by atoms with Crippen molar-refractivity contribution in [2.75, 3.05) is 4.90 Å². The summed E-state index contributed by atoms with van der Waals surface area (Å²) in [5, 5.41) is 2.48. The second kappa shape index (κ2) is 12.7. The fourth-order valence-electron chi connectivity index (χ4n) is 6.53. The normalized spacial score (nSPS) is 11.0. The van der Waals surface area contributed by atoms with Crippen molar-refractivity contribution in [2.45, 2.75) is 0 Å². The fourth-order valence-corrected chi connectivity index (χ4v) is 6.53. The number of nitrogens with zero attached hydrogens (tertiary/aromatic N) is 1. The number of fused-ring (bicyclic) bond motifs is 1. The molecule has 8 aromatic carbocycles. The first kappa shape index (κ1) is 28.3. The molecule has 0 fully saturated rings. The minimum absolute atomic E-state index is 1.11. The van der Waals surface area contributed by atoms with Crippen LogP contribution in [0.25, 0.3) is 55.3 Å². The number of benzene rings is 8. The molecule has 0 bridgehead atoms. The van der Waals surface area contributed by atoms with Gasteiger partial charge in [-0.1, -0.05) is 158 Å². The maximum atomic E-state index is 2.39. The van der Waals surface area contributed by atoms with Gasteiger partial charge in [0.15, 0.2) is 0 Å². The Bertz CT molecular complexity index is 2170. The summed E-state index contributed by atoms with van der Waals surface area (Å²) >= 11 is 0. The van der Waals surface area contributed by atoms with E-state index in [0.717, 1.165) is 17.1 Å². The average Bonchev–Trinajstić information content (AvgIpc) is 3.16. The third kappa shape index (κ3) is 5.72. The summed E-state index contributed by atoms with van der Waals surface area (Å²) in [5.74, 6) is 0. The molecule has 1 nitrogen and oxygen atoms in total. The molecular formula is C46H33N. The molecule has 8 rings (SSSR count). The summed E-state index contributed by atoms with van der Waals surface area (Å²) in [7, 11) is 0. The lowest BCUT2D eigenvalue weighted by Gasteiger charge is -2.28. The van der Waals surface area contributed by atoms with E-state index in [1.807, 2.05) is 0 Å². The molecule has 0 spiro atoms. The standard InChI is InChI=1S/C46H33N/c1-4-14-34(15-5-1)36-24-28-41(29-25-36)47(42-30-26-37(27-31-42)35-16-6-2-7-17-35)46-23-13-12-22-44(46)40-32-39-20-10-11-21-43(39)45(33-40)38-18-8-3-9-19-38/h1-33H. The van der Waals surface area contributed by atoms with Gasteiger partial charge in [0.05, 0.1) is 5.69 Å². The second-order valence-electron chi connectivity index (χ2n) is 11.8. The lowest BCUT2D eigenvalue weighted by atomic mass is 9.92. The molecule has 47 heavy (non-hydrogen) atoms. The molecule has 0 amide bonds. The third-order valence-electron chi connectivity index (χ3n) is 8.87. The van der Waals surface area contributed by atoms with Crippen LogP contribution in [0.2, 0.25) is 0 Å². The van der Waals surface area contributed by atoms with Gasteiger partial charge in [0.2, 0.25) is 0 Å². The Morgan fingerprint density at radius 3 is 1.30 bits per heavy atom. The van der Waals surface area contributed by atoms with E-state index in [-0.39, 0.29) is 0 Å². The maximum Gasteiger partial charge on any atom is 0.0540 e. The van der Waals surface area contributed by atoms with Gasteiger partial charge in [-0.05, 0) is 92.2 Å². The Labute approximate surface area is 276 Å². The third-order valence-corrected chi connectivity index (χ3v) is 8.87. The van der Waals surface area contributed by atoms with E-state index in [1.165, 1.54) is 55.3 Å². The van der Waals surface area contributed by atoms with Crippen molar-refractivity contribution in [3.05, 3.63) is 200 Å². The predicted molar refractivity (Wildman–Crippen MR) is 200 cm³/mol. The highest BCUT2D eigenvalue weighted by molar-refractivity contribution is 6.02. The highest BCUT2D eigenvalue weighted by atomic mass is 15.1. The summed E-state index contributed by atoms with van der Waals surface area (Å²) in [4.78, 5) is 2.39. The summed E-state index contributed by atoms with van der Waals surface area (Å²) in [6, 6.07) is 71.8. The van der Waals surface area contributed by atoms with Crippen molar-refractivity contribution in [3.63, 3.8) is 0 Å². The molecule has 0 aliphatic rings. The zero-order valence-corrected chi connectivity index (χ0v) is 26.0. The zero-order chi connectivity index (χ0) is 31.4. The monoisotopic (exact) mass is 599 g/mol. The van der Waals surface area contributed by atoms with Crippen LogP contribution in [0.5, 0.6) is 0 Å². The SMILES string of the molecule is c1ccc(-c2ccc(N(c3ccc(-c4ccccc4)cc3)c3ccccc3-c3cc(-c4ccccc4)c4ccccc4c3)cc2)cc1. The Morgan fingerprint density at radius 2 is 0.723 bits per heavy atom. The predicted octanol–water partition coefficient (Wildman–Crippen LogP) is 13.0.